The van der Waals surface area contributed by atoms with E-state index in [4.69, 9.17) is 4.98 Å². The first-order chi connectivity index (χ1) is 11.3. The summed E-state index contributed by atoms with van der Waals surface area (Å²) in [6, 6.07) is 8.40. The van der Waals surface area contributed by atoms with Gasteiger partial charge in [0, 0.05) is 12.2 Å². The van der Waals surface area contributed by atoms with Crippen molar-refractivity contribution in [1.29, 1.82) is 0 Å². The van der Waals surface area contributed by atoms with E-state index >= 15 is 0 Å². The van der Waals surface area contributed by atoms with Gasteiger partial charge in [-0.1, -0.05) is 6.07 Å². The predicted octanol–water partition coefficient (Wildman–Crippen LogP) is 3.26. The molecule has 1 fully saturated rings. The number of pyridine rings is 1. The summed E-state index contributed by atoms with van der Waals surface area (Å²) in [7, 11) is 2.18. The third kappa shape index (κ3) is 3.04. The number of hydrogen-bond acceptors (Lipinski definition) is 6. The molecule has 3 aromatic heterocycles. The molecule has 1 saturated heterocycles. The van der Waals surface area contributed by atoms with Crippen molar-refractivity contribution in [3.63, 3.8) is 0 Å². The highest BCUT2D eigenvalue weighted by molar-refractivity contribution is 7.16. The molecule has 0 radical (unpaired) electrons. The first-order valence-electron chi connectivity index (χ1n) is 7.91. The lowest BCUT2D eigenvalue weighted by atomic mass is 10.1. The molecule has 1 aliphatic rings. The van der Waals surface area contributed by atoms with Gasteiger partial charge in [-0.3, -0.25) is 4.98 Å². The van der Waals surface area contributed by atoms with E-state index in [-0.39, 0.29) is 0 Å². The molecule has 4 heterocycles. The van der Waals surface area contributed by atoms with E-state index in [1.165, 1.54) is 0 Å². The zero-order chi connectivity index (χ0) is 15.6. The third-order valence-electron chi connectivity index (χ3n) is 4.28. The van der Waals surface area contributed by atoms with Gasteiger partial charge in [-0.15, -0.1) is 11.3 Å². The second-order valence-electron chi connectivity index (χ2n) is 5.97. The smallest absolute Gasteiger partial charge is 0.181 e. The lowest BCUT2D eigenvalue weighted by Gasteiger charge is -2.30. The van der Waals surface area contributed by atoms with Crippen LogP contribution in [0.3, 0.4) is 0 Å². The molecule has 1 N–H and O–H groups in total. The van der Waals surface area contributed by atoms with Gasteiger partial charge in [0.05, 0.1) is 5.39 Å². The maximum absolute atomic E-state index is 4.76. The Labute approximate surface area is 139 Å². The van der Waals surface area contributed by atoms with Crippen molar-refractivity contribution in [3.8, 4) is 11.5 Å². The highest BCUT2D eigenvalue weighted by Crippen LogP contribution is 2.29. The molecule has 1 aliphatic heterocycles. The summed E-state index contributed by atoms with van der Waals surface area (Å²) in [4.78, 5) is 17.2. The minimum Gasteiger partial charge on any atom is -0.367 e. The lowest BCUT2D eigenvalue weighted by molar-refractivity contribution is 0.264. The average molecular weight is 325 g/mol. The quantitative estimate of drug-likeness (QED) is 0.801. The van der Waals surface area contributed by atoms with Crippen molar-refractivity contribution in [2.75, 3.05) is 25.5 Å². The zero-order valence-electron chi connectivity index (χ0n) is 13.1. The monoisotopic (exact) mass is 325 g/mol. The van der Waals surface area contributed by atoms with Crippen LogP contribution >= 0.6 is 11.3 Å². The van der Waals surface area contributed by atoms with Gasteiger partial charge in [-0.05, 0) is 56.6 Å². The maximum Gasteiger partial charge on any atom is 0.181 e. The highest BCUT2D eigenvalue weighted by atomic mass is 32.1. The molecule has 5 nitrogen and oxygen atoms in total. The first kappa shape index (κ1) is 14.5. The second-order valence-corrected chi connectivity index (χ2v) is 6.87. The van der Waals surface area contributed by atoms with Crippen molar-refractivity contribution in [3.05, 3.63) is 35.8 Å². The number of fused-ring (bicyclic) bond motifs is 1. The number of aromatic nitrogens is 3. The van der Waals surface area contributed by atoms with Gasteiger partial charge in [-0.2, -0.15) is 0 Å². The van der Waals surface area contributed by atoms with Crippen molar-refractivity contribution >= 4 is 27.4 Å². The van der Waals surface area contributed by atoms with Crippen molar-refractivity contribution in [2.24, 2.45) is 0 Å². The van der Waals surface area contributed by atoms with Crippen LogP contribution in [0.2, 0.25) is 0 Å². The fraction of sp³-hybridized carbons (Fsp3) is 0.353. The van der Waals surface area contributed by atoms with Gasteiger partial charge in [0.2, 0.25) is 0 Å². The van der Waals surface area contributed by atoms with E-state index in [9.17, 15) is 0 Å². The Kier molecular flexibility index (Phi) is 3.93. The van der Waals surface area contributed by atoms with Crippen LogP contribution in [0.25, 0.3) is 21.7 Å². The van der Waals surface area contributed by atoms with Crippen LogP contribution in [0, 0.1) is 0 Å². The molecule has 0 aromatic carbocycles. The standard InChI is InChI=1S/C17H19N5S/c1-22-9-5-12(6-10-22)19-15-13-7-11-23-17(13)21-16(20-15)14-4-2-3-8-18-14/h2-4,7-8,11-12H,5-6,9-10H2,1H3,(H,19,20,21). The number of anilines is 1. The molecule has 4 rings (SSSR count). The predicted molar refractivity (Wildman–Crippen MR) is 94.8 cm³/mol. The van der Waals surface area contributed by atoms with Crippen molar-refractivity contribution < 1.29 is 0 Å². The van der Waals surface area contributed by atoms with E-state index in [2.05, 4.69) is 38.7 Å². The zero-order valence-corrected chi connectivity index (χ0v) is 13.9. The molecular weight excluding hydrogens is 306 g/mol. The Balaban J connectivity index is 1.69. The number of likely N-dealkylation sites (tertiary alicyclic amines) is 1. The van der Waals surface area contributed by atoms with Crippen LogP contribution in [0.4, 0.5) is 5.82 Å². The van der Waals surface area contributed by atoms with Crippen LogP contribution in [-0.2, 0) is 0 Å². The summed E-state index contributed by atoms with van der Waals surface area (Å²) < 4.78 is 0. The van der Waals surface area contributed by atoms with E-state index in [1.807, 2.05) is 18.2 Å². The second kappa shape index (κ2) is 6.22. The maximum atomic E-state index is 4.76. The average Bonchev–Trinajstić information content (AvgIpc) is 3.06. The Bertz CT molecular complexity index is 793. The van der Waals surface area contributed by atoms with Gasteiger partial charge in [0.25, 0.3) is 0 Å². The number of nitrogens with zero attached hydrogens (tertiary/aromatic N) is 4. The van der Waals surface area contributed by atoms with Crippen molar-refractivity contribution in [2.45, 2.75) is 18.9 Å². The van der Waals surface area contributed by atoms with Gasteiger partial charge in [-0.25, -0.2) is 9.97 Å². The molecule has 0 aliphatic carbocycles. The molecule has 0 atom stereocenters. The van der Waals surface area contributed by atoms with Crippen LogP contribution < -0.4 is 5.32 Å². The fourth-order valence-corrected chi connectivity index (χ4v) is 3.69. The number of thiophene rings is 1. The molecule has 6 heteroatoms. The summed E-state index contributed by atoms with van der Waals surface area (Å²) in [5.74, 6) is 1.63. The number of nitrogens with one attached hydrogen (secondary N) is 1. The minimum atomic E-state index is 0.473. The molecule has 23 heavy (non-hydrogen) atoms. The molecule has 0 saturated carbocycles. The molecule has 0 amide bonds. The normalized spacial score (nSPS) is 16.7. The van der Waals surface area contributed by atoms with Gasteiger partial charge >= 0.3 is 0 Å². The van der Waals surface area contributed by atoms with E-state index in [1.54, 1.807) is 17.5 Å². The van der Waals surface area contributed by atoms with Gasteiger partial charge in [0.1, 0.15) is 16.3 Å². The summed E-state index contributed by atoms with van der Waals surface area (Å²) in [6.45, 7) is 2.26. The largest absolute Gasteiger partial charge is 0.367 e. The van der Waals surface area contributed by atoms with Gasteiger partial charge in [0.15, 0.2) is 5.82 Å². The van der Waals surface area contributed by atoms with E-state index in [0.717, 1.165) is 47.7 Å². The Morgan fingerprint density at radius 2 is 2.04 bits per heavy atom. The van der Waals surface area contributed by atoms with Crippen LogP contribution in [0.5, 0.6) is 0 Å². The molecule has 0 bridgehead atoms. The topological polar surface area (TPSA) is 53.9 Å². The molecule has 0 spiro atoms. The first-order valence-corrected chi connectivity index (χ1v) is 8.79. The van der Waals surface area contributed by atoms with Gasteiger partial charge < -0.3 is 10.2 Å². The third-order valence-corrected chi connectivity index (χ3v) is 5.09. The number of piperidine rings is 1. The fourth-order valence-electron chi connectivity index (χ4n) is 2.92. The summed E-state index contributed by atoms with van der Waals surface area (Å²) in [5.41, 5.74) is 0.814. The number of hydrogen-bond donors (Lipinski definition) is 1. The Morgan fingerprint density at radius 3 is 2.83 bits per heavy atom. The highest BCUT2D eigenvalue weighted by Gasteiger charge is 2.19. The Morgan fingerprint density at radius 1 is 1.17 bits per heavy atom. The Hall–Kier alpha value is -2.05. The molecule has 118 valence electrons. The van der Waals surface area contributed by atoms with Crippen LogP contribution in [0.15, 0.2) is 35.8 Å². The summed E-state index contributed by atoms with van der Waals surface area (Å²) in [6.07, 6.45) is 4.07. The van der Waals surface area contributed by atoms with E-state index < -0.39 is 0 Å². The lowest BCUT2D eigenvalue weighted by Crippen LogP contribution is -2.36. The summed E-state index contributed by atoms with van der Waals surface area (Å²) >= 11 is 1.65. The SMILES string of the molecule is CN1CCC(Nc2nc(-c3ccccn3)nc3sccc23)CC1. The minimum absolute atomic E-state index is 0.473. The summed E-state index contributed by atoms with van der Waals surface area (Å²) in [5, 5.41) is 6.82. The van der Waals surface area contributed by atoms with Crippen LogP contribution in [0.1, 0.15) is 12.8 Å². The molecule has 0 unspecified atom stereocenters. The molecular formula is C17H19N5S. The van der Waals surface area contributed by atoms with Crippen LogP contribution in [-0.4, -0.2) is 46.0 Å². The molecule has 3 aromatic rings. The van der Waals surface area contributed by atoms with E-state index in [0.29, 0.717) is 11.9 Å². The van der Waals surface area contributed by atoms with Crippen molar-refractivity contribution in [1.82, 2.24) is 19.9 Å². The number of rotatable bonds is 3.